The number of morpholine rings is 1. The summed E-state index contributed by atoms with van der Waals surface area (Å²) in [7, 11) is 0. The van der Waals surface area contributed by atoms with E-state index in [9.17, 15) is 4.79 Å². The second-order valence-electron chi connectivity index (χ2n) is 7.00. The van der Waals surface area contributed by atoms with E-state index in [1.165, 1.54) is 5.56 Å². The Balaban J connectivity index is 1.61. The third kappa shape index (κ3) is 5.81. The molecule has 0 bridgehead atoms. The average Bonchev–Trinajstić information content (AvgIpc) is 2.68. The molecule has 5 nitrogen and oxygen atoms in total. The highest BCUT2D eigenvalue weighted by molar-refractivity contribution is 5.78. The normalized spacial score (nSPS) is 15.9. The van der Waals surface area contributed by atoms with E-state index in [-0.39, 0.29) is 18.6 Å². The Morgan fingerprint density at radius 3 is 2.59 bits per heavy atom. The first-order chi connectivity index (χ1) is 13.1. The Bertz CT molecular complexity index is 742. The van der Waals surface area contributed by atoms with Crippen LogP contribution in [-0.4, -0.2) is 50.3 Å². The lowest BCUT2D eigenvalue weighted by atomic mass is 10.1. The number of nitrogens with zero attached hydrogens (tertiary/aromatic N) is 1. The molecule has 0 aliphatic carbocycles. The van der Waals surface area contributed by atoms with Crippen molar-refractivity contribution >= 4 is 5.91 Å². The largest absolute Gasteiger partial charge is 0.484 e. The zero-order valence-electron chi connectivity index (χ0n) is 16.1. The van der Waals surface area contributed by atoms with Gasteiger partial charge in [0.1, 0.15) is 5.75 Å². The van der Waals surface area contributed by atoms with E-state index in [0.717, 1.165) is 49.7 Å². The molecular formula is C22H28N2O3. The summed E-state index contributed by atoms with van der Waals surface area (Å²) < 4.78 is 11.2. The van der Waals surface area contributed by atoms with Gasteiger partial charge in [-0.05, 0) is 31.0 Å². The lowest BCUT2D eigenvalue weighted by Crippen LogP contribution is -2.44. The van der Waals surface area contributed by atoms with E-state index in [1.54, 1.807) is 0 Å². The highest BCUT2D eigenvalue weighted by Crippen LogP contribution is 2.19. The average molecular weight is 368 g/mol. The van der Waals surface area contributed by atoms with E-state index in [0.29, 0.717) is 0 Å². The highest BCUT2D eigenvalue weighted by atomic mass is 16.5. The Labute approximate surface area is 161 Å². The Morgan fingerprint density at radius 1 is 1.15 bits per heavy atom. The molecule has 0 unspecified atom stereocenters. The third-order valence-electron chi connectivity index (χ3n) is 4.77. The van der Waals surface area contributed by atoms with E-state index < -0.39 is 0 Å². The van der Waals surface area contributed by atoms with Crippen LogP contribution in [0.25, 0.3) is 0 Å². The molecule has 1 fully saturated rings. The van der Waals surface area contributed by atoms with Gasteiger partial charge < -0.3 is 14.8 Å². The van der Waals surface area contributed by atoms with Crippen molar-refractivity contribution in [2.45, 2.75) is 19.9 Å². The van der Waals surface area contributed by atoms with Crippen LogP contribution in [0, 0.1) is 13.8 Å². The van der Waals surface area contributed by atoms with Gasteiger partial charge in [0.05, 0.1) is 19.3 Å². The number of carbonyl (C=O) groups is 1. The predicted octanol–water partition coefficient (Wildman–Crippen LogP) is 2.87. The second kappa shape index (κ2) is 9.53. The summed E-state index contributed by atoms with van der Waals surface area (Å²) in [5, 5.41) is 3.14. The molecule has 1 aliphatic rings. The molecule has 1 atom stereocenters. The maximum Gasteiger partial charge on any atom is 0.258 e. The van der Waals surface area contributed by atoms with Gasteiger partial charge in [0.15, 0.2) is 6.61 Å². The first-order valence-corrected chi connectivity index (χ1v) is 9.46. The standard InChI is InChI=1S/C22H28N2O3/c1-17-8-9-21(18(2)14-17)27-16-22(25)23-20(19-6-4-3-5-7-19)15-24-10-12-26-13-11-24/h3-9,14,20H,10-13,15-16H2,1-2H3,(H,23,25)/t20-/m1/s1. The molecule has 27 heavy (non-hydrogen) atoms. The van der Waals surface area contributed by atoms with Crippen LogP contribution in [0.1, 0.15) is 22.7 Å². The summed E-state index contributed by atoms with van der Waals surface area (Å²) >= 11 is 0. The van der Waals surface area contributed by atoms with Crippen LogP contribution >= 0.6 is 0 Å². The maximum atomic E-state index is 12.5. The lowest BCUT2D eigenvalue weighted by molar-refractivity contribution is -0.124. The van der Waals surface area contributed by atoms with Crippen LogP contribution in [0.3, 0.4) is 0 Å². The summed E-state index contributed by atoms with van der Waals surface area (Å²) in [5.74, 6) is 0.636. The minimum absolute atomic E-state index is 0.0103. The van der Waals surface area contributed by atoms with Crippen molar-refractivity contribution in [3.63, 3.8) is 0 Å². The number of aryl methyl sites for hydroxylation is 2. The maximum absolute atomic E-state index is 12.5. The van der Waals surface area contributed by atoms with Crippen LogP contribution < -0.4 is 10.1 Å². The van der Waals surface area contributed by atoms with E-state index in [2.05, 4.69) is 28.4 Å². The molecule has 0 aromatic heterocycles. The van der Waals surface area contributed by atoms with Gasteiger partial charge in [-0.2, -0.15) is 0 Å². The summed E-state index contributed by atoms with van der Waals surface area (Å²) in [6, 6.07) is 16.0. The monoisotopic (exact) mass is 368 g/mol. The van der Waals surface area contributed by atoms with Crippen molar-refractivity contribution in [1.29, 1.82) is 0 Å². The fraction of sp³-hybridized carbons (Fsp3) is 0.409. The molecule has 3 rings (SSSR count). The summed E-state index contributed by atoms with van der Waals surface area (Å²) in [4.78, 5) is 14.9. The van der Waals surface area contributed by atoms with E-state index >= 15 is 0 Å². The van der Waals surface area contributed by atoms with Crippen molar-refractivity contribution in [2.75, 3.05) is 39.5 Å². The van der Waals surface area contributed by atoms with Crippen molar-refractivity contribution < 1.29 is 14.3 Å². The molecule has 0 spiro atoms. The Morgan fingerprint density at radius 2 is 1.89 bits per heavy atom. The molecule has 1 N–H and O–H groups in total. The van der Waals surface area contributed by atoms with Gasteiger partial charge in [0.2, 0.25) is 0 Å². The number of hydrogen-bond acceptors (Lipinski definition) is 4. The quantitative estimate of drug-likeness (QED) is 0.817. The number of carbonyl (C=O) groups excluding carboxylic acids is 1. The number of rotatable bonds is 7. The van der Waals surface area contributed by atoms with Gasteiger partial charge in [-0.15, -0.1) is 0 Å². The van der Waals surface area contributed by atoms with Crippen molar-refractivity contribution in [1.82, 2.24) is 10.2 Å². The summed E-state index contributed by atoms with van der Waals surface area (Å²) in [5.41, 5.74) is 3.32. The Kier molecular flexibility index (Phi) is 6.85. The number of hydrogen-bond donors (Lipinski definition) is 1. The molecule has 1 heterocycles. The van der Waals surface area contributed by atoms with E-state index in [1.807, 2.05) is 44.2 Å². The van der Waals surface area contributed by atoms with Crippen LogP contribution in [0.5, 0.6) is 5.75 Å². The molecule has 1 saturated heterocycles. The minimum atomic E-state index is -0.114. The fourth-order valence-electron chi connectivity index (χ4n) is 3.30. The van der Waals surface area contributed by atoms with Crippen LogP contribution in [-0.2, 0) is 9.53 Å². The number of amides is 1. The molecule has 5 heteroatoms. The van der Waals surface area contributed by atoms with Gasteiger partial charge in [-0.25, -0.2) is 0 Å². The van der Waals surface area contributed by atoms with Crippen LogP contribution in [0.2, 0.25) is 0 Å². The first kappa shape index (κ1) is 19.4. The third-order valence-corrected chi connectivity index (χ3v) is 4.77. The molecule has 1 aliphatic heterocycles. The van der Waals surface area contributed by atoms with Gasteiger partial charge in [-0.1, -0.05) is 48.0 Å². The predicted molar refractivity (Wildman–Crippen MR) is 106 cm³/mol. The number of ether oxygens (including phenoxy) is 2. The topological polar surface area (TPSA) is 50.8 Å². The van der Waals surface area contributed by atoms with Gasteiger partial charge in [-0.3, -0.25) is 9.69 Å². The van der Waals surface area contributed by atoms with Crippen molar-refractivity contribution in [3.05, 3.63) is 65.2 Å². The smallest absolute Gasteiger partial charge is 0.258 e. The van der Waals surface area contributed by atoms with Crippen molar-refractivity contribution in [3.8, 4) is 5.75 Å². The molecule has 2 aromatic rings. The molecule has 0 saturated carbocycles. The zero-order chi connectivity index (χ0) is 19.1. The highest BCUT2D eigenvalue weighted by Gasteiger charge is 2.20. The summed E-state index contributed by atoms with van der Waals surface area (Å²) in [6.45, 7) is 8.07. The van der Waals surface area contributed by atoms with Crippen molar-refractivity contribution in [2.24, 2.45) is 0 Å². The lowest BCUT2D eigenvalue weighted by Gasteiger charge is -2.31. The van der Waals surface area contributed by atoms with Crippen LogP contribution in [0.4, 0.5) is 0 Å². The SMILES string of the molecule is Cc1ccc(OCC(=O)N[C@H](CN2CCOCC2)c2ccccc2)c(C)c1. The summed E-state index contributed by atoms with van der Waals surface area (Å²) in [6.07, 6.45) is 0. The molecule has 1 amide bonds. The fourth-order valence-corrected chi connectivity index (χ4v) is 3.30. The first-order valence-electron chi connectivity index (χ1n) is 9.46. The molecular weight excluding hydrogens is 340 g/mol. The van der Waals surface area contributed by atoms with E-state index in [4.69, 9.17) is 9.47 Å². The van der Waals surface area contributed by atoms with Gasteiger partial charge >= 0.3 is 0 Å². The zero-order valence-corrected chi connectivity index (χ0v) is 16.1. The number of benzene rings is 2. The molecule has 2 aromatic carbocycles. The minimum Gasteiger partial charge on any atom is -0.484 e. The van der Waals surface area contributed by atoms with Gasteiger partial charge in [0.25, 0.3) is 5.91 Å². The van der Waals surface area contributed by atoms with Crippen LogP contribution in [0.15, 0.2) is 48.5 Å². The Hall–Kier alpha value is -2.37. The molecule has 0 radical (unpaired) electrons. The molecule has 144 valence electrons. The second-order valence-corrected chi connectivity index (χ2v) is 7.00. The van der Waals surface area contributed by atoms with Gasteiger partial charge in [0, 0.05) is 19.6 Å². The number of nitrogens with one attached hydrogen (secondary N) is 1.